The highest BCUT2D eigenvalue weighted by molar-refractivity contribution is 7.13. The van der Waals surface area contributed by atoms with Crippen LogP contribution in [0.1, 0.15) is 26.0 Å². The number of amides is 1. The molecule has 0 aliphatic carbocycles. The van der Waals surface area contributed by atoms with E-state index in [1.807, 2.05) is 42.2 Å². The molecule has 1 aliphatic rings. The Kier molecular flexibility index (Phi) is 6.27. The Morgan fingerprint density at radius 1 is 1.19 bits per heavy atom. The van der Waals surface area contributed by atoms with Crippen LogP contribution in [-0.4, -0.2) is 54.6 Å². The summed E-state index contributed by atoms with van der Waals surface area (Å²) in [7, 11) is 0. The number of carbonyl (C=O) groups is 1. The van der Waals surface area contributed by atoms with Crippen LogP contribution in [0.5, 0.6) is 0 Å². The van der Waals surface area contributed by atoms with Crippen LogP contribution in [0.15, 0.2) is 35.7 Å². The first-order chi connectivity index (χ1) is 12.5. The zero-order chi connectivity index (χ0) is 18.5. The molecule has 0 N–H and O–H groups in total. The fraction of sp³-hybridized carbons (Fsp3) is 0.500. The number of carbonyl (C=O) groups excluding carboxylic acids is 1. The summed E-state index contributed by atoms with van der Waals surface area (Å²) in [5.41, 5.74) is 2.05. The zero-order valence-corrected chi connectivity index (χ0v) is 16.7. The molecule has 0 unspecified atom stereocenters. The molecule has 2 heterocycles. The Labute approximate surface area is 160 Å². The largest absolute Gasteiger partial charge is 0.347 e. The first kappa shape index (κ1) is 18.9. The Morgan fingerprint density at radius 3 is 2.62 bits per heavy atom. The average molecular weight is 373 g/mol. The highest BCUT2D eigenvalue weighted by atomic mass is 32.1. The standard InChI is InChI=1S/C20H28N4OS/c1-16(2)24(18-8-5-4-6-9-18)19(25)14-22-10-7-11-23(13-12-22)20-21-17(3)15-26-20/h4-6,8-9,15-16H,7,10-14H2,1-3H3. The van der Waals surface area contributed by atoms with E-state index in [-0.39, 0.29) is 11.9 Å². The fourth-order valence-corrected chi connectivity index (χ4v) is 4.25. The van der Waals surface area contributed by atoms with Crippen LogP contribution < -0.4 is 9.80 Å². The summed E-state index contributed by atoms with van der Waals surface area (Å²) in [6.07, 6.45) is 1.05. The normalized spacial score (nSPS) is 15.9. The van der Waals surface area contributed by atoms with Crippen molar-refractivity contribution >= 4 is 28.1 Å². The lowest BCUT2D eigenvalue weighted by Gasteiger charge is -2.30. The summed E-state index contributed by atoms with van der Waals surface area (Å²) in [6, 6.07) is 10.1. The summed E-state index contributed by atoms with van der Waals surface area (Å²) in [4.78, 5) is 24.1. The topological polar surface area (TPSA) is 39.7 Å². The maximum Gasteiger partial charge on any atom is 0.241 e. The molecule has 2 aromatic rings. The van der Waals surface area contributed by atoms with Gasteiger partial charge in [0.15, 0.2) is 5.13 Å². The van der Waals surface area contributed by atoms with Gasteiger partial charge in [0.1, 0.15) is 0 Å². The molecule has 1 aromatic heterocycles. The number of nitrogens with zero attached hydrogens (tertiary/aromatic N) is 4. The third-order valence-corrected chi connectivity index (χ3v) is 5.66. The number of para-hydroxylation sites is 1. The van der Waals surface area contributed by atoms with Gasteiger partial charge in [0, 0.05) is 43.3 Å². The SMILES string of the molecule is Cc1csc(N2CCCN(CC(=O)N(c3ccccc3)C(C)C)CC2)n1. The first-order valence-electron chi connectivity index (χ1n) is 9.31. The minimum atomic E-state index is 0.145. The lowest BCUT2D eigenvalue weighted by Crippen LogP contribution is -2.44. The van der Waals surface area contributed by atoms with Crippen molar-refractivity contribution in [3.63, 3.8) is 0 Å². The van der Waals surface area contributed by atoms with Crippen LogP contribution in [-0.2, 0) is 4.79 Å². The summed E-state index contributed by atoms with van der Waals surface area (Å²) in [5.74, 6) is 0.171. The second-order valence-corrected chi connectivity index (χ2v) is 7.92. The van der Waals surface area contributed by atoms with E-state index in [0.29, 0.717) is 6.54 Å². The molecule has 5 nitrogen and oxygen atoms in total. The van der Waals surface area contributed by atoms with Crippen LogP contribution in [0.25, 0.3) is 0 Å². The third kappa shape index (κ3) is 4.62. The van der Waals surface area contributed by atoms with E-state index in [1.54, 1.807) is 11.3 Å². The van der Waals surface area contributed by atoms with Gasteiger partial charge in [-0.1, -0.05) is 18.2 Å². The Balaban J connectivity index is 1.62. The van der Waals surface area contributed by atoms with Crippen molar-refractivity contribution < 1.29 is 4.79 Å². The van der Waals surface area contributed by atoms with Crippen molar-refractivity contribution in [1.29, 1.82) is 0 Å². The molecule has 1 saturated heterocycles. The molecular formula is C20H28N4OS. The van der Waals surface area contributed by atoms with Crippen molar-refractivity contribution in [3.8, 4) is 0 Å². The van der Waals surface area contributed by atoms with E-state index in [9.17, 15) is 4.79 Å². The van der Waals surface area contributed by atoms with Gasteiger partial charge in [-0.25, -0.2) is 4.98 Å². The lowest BCUT2D eigenvalue weighted by molar-refractivity contribution is -0.120. The number of hydrogen-bond acceptors (Lipinski definition) is 5. The smallest absolute Gasteiger partial charge is 0.241 e. The maximum atomic E-state index is 13.0. The molecule has 1 fully saturated rings. The summed E-state index contributed by atoms with van der Waals surface area (Å²) >= 11 is 1.71. The van der Waals surface area contributed by atoms with Gasteiger partial charge in [0.2, 0.25) is 5.91 Å². The minimum absolute atomic E-state index is 0.145. The van der Waals surface area contributed by atoms with Crippen LogP contribution in [0, 0.1) is 6.92 Å². The van der Waals surface area contributed by atoms with Crippen LogP contribution in [0.3, 0.4) is 0 Å². The summed E-state index contributed by atoms with van der Waals surface area (Å²) < 4.78 is 0. The van der Waals surface area contributed by atoms with Crippen LogP contribution in [0.2, 0.25) is 0 Å². The maximum absolute atomic E-state index is 13.0. The number of anilines is 2. The molecule has 1 aromatic carbocycles. The molecule has 0 spiro atoms. The van der Waals surface area contributed by atoms with E-state index in [0.717, 1.165) is 49.1 Å². The predicted molar refractivity (Wildman–Crippen MR) is 109 cm³/mol. The quantitative estimate of drug-likeness (QED) is 0.806. The Morgan fingerprint density at radius 2 is 1.96 bits per heavy atom. The fourth-order valence-electron chi connectivity index (χ4n) is 3.39. The molecule has 140 valence electrons. The number of aryl methyl sites for hydroxylation is 1. The second-order valence-electron chi connectivity index (χ2n) is 7.08. The average Bonchev–Trinajstić information content (AvgIpc) is 2.91. The molecule has 3 rings (SSSR count). The Hall–Kier alpha value is -1.92. The van der Waals surface area contributed by atoms with Crippen molar-refractivity contribution in [2.24, 2.45) is 0 Å². The number of benzene rings is 1. The minimum Gasteiger partial charge on any atom is -0.347 e. The van der Waals surface area contributed by atoms with E-state index in [2.05, 4.69) is 34.0 Å². The number of hydrogen-bond donors (Lipinski definition) is 0. The monoisotopic (exact) mass is 372 g/mol. The van der Waals surface area contributed by atoms with Crippen LogP contribution in [0.4, 0.5) is 10.8 Å². The van der Waals surface area contributed by atoms with Gasteiger partial charge < -0.3 is 9.80 Å². The molecule has 1 amide bonds. The zero-order valence-electron chi connectivity index (χ0n) is 15.9. The molecule has 26 heavy (non-hydrogen) atoms. The highest BCUT2D eigenvalue weighted by Gasteiger charge is 2.23. The van der Waals surface area contributed by atoms with E-state index >= 15 is 0 Å². The van der Waals surface area contributed by atoms with E-state index in [4.69, 9.17) is 0 Å². The number of thiazole rings is 1. The van der Waals surface area contributed by atoms with Gasteiger partial charge >= 0.3 is 0 Å². The van der Waals surface area contributed by atoms with Gasteiger partial charge in [-0.3, -0.25) is 9.69 Å². The van der Waals surface area contributed by atoms with Crippen LogP contribution >= 0.6 is 11.3 Å². The van der Waals surface area contributed by atoms with Crippen molar-refractivity contribution in [3.05, 3.63) is 41.4 Å². The van der Waals surface area contributed by atoms with Gasteiger partial charge in [-0.2, -0.15) is 0 Å². The van der Waals surface area contributed by atoms with Gasteiger partial charge in [0.05, 0.1) is 12.2 Å². The van der Waals surface area contributed by atoms with Crippen molar-refractivity contribution in [1.82, 2.24) is 9.88 Å². The number of rotatable bonds is 5. The molecule has 0 atom stereocenters. The van der Waals surface area contributed by atoms with Crippen molar-refractivity contribution in [2.75, 3.05) is 42.5 Å². The molecular weight excluding hydrogens is 344 g/mol. The first-order valence-corrected chi connectivity index (χ1v) is 10.2. The van der Waals surface area contributed by atoms with E-state index in [1.165, 1.54) is 0 Å². The van der Waals surface area contributed by atoms with Gasteiger partial charge in [-0.05, 0) is 39.3 Å². The third-order valence-electron chi connectivity index (χ3n) is 4.64. The second kappa shape index (κ2) is 8.64. The summed E-state index contributed by atoms with van der Waals surface area (Å²) in [6.45, 7) is 10.4. The molecule has 6 heteroatoms. The molecule has 0 bridgehead atoms. The molecule has 0 saturated carbocycles. The Bertz CT molecular complexity index is 716. The van der Waals surface area contributed by atoms with Gasteiger partial charge in [0.25, 0.3) is 0 Å². The molecule has 0 radical (unpaired) electrons. The lowest BCUT2D eigenvalue weighted by atomic mass is 10.2. The van der Waals surface area contributed by atoms with E-state index < -0.39 is 0 Å². The van der Waals surface area contributed by atoms with Gasteiger partial charge in [-0.15, -0.1) is 11.3 Å². The van der Waals surface area contributed by atoms with Crippen molar-refractivity contribution in [2.45, 2.75) is 33.2 Å². The predicted octanol–water partition coefficient (Wildman–Crippen LogP) is 3.41. The molecule has 1 aliphatic heterocycles. The highest BCUT2D eigenvalue weighted by Crippen LogP contribution is 2.22. The summed E-state index contributed by atoms with van der Waals surface area (Å²) in [5, 5.41) is 3.20. The number of aromatic nitrogens is 1.